The van der Waals surface area contributed by atoms with Gasteiger partial charge < -0.3 is 21.1 Å². The summed E-state index contributed by atoms with van der Waals surface area (Å²) in [6, 6.07) is 5.45. The number of carbonyl (C=O) groups excluding carboxylic acids is 3. The van der Waals surface area contributed by atoms with Crippen LogP contribution in [0.3, 0.4) is 0 Å². The van der Waals surface area contributed by atoms with Crippen LogP contribution in [0.25, 0.3) is 0 Å². The molecule has 1 aromatic carbocycles. The van der Waals surface area contributed by atoms with E-state index in [4.69, 9.17) is 33.7 Å². The van der Waals surface area contributed by atoms with Crippen molar-refractivity contribution in [3.63, 3.8) is 0 Å². The van der Waals surface area contributed by atoms with E-state index in [9.17, 15) is 14.4 Å². The quantitative estimate of drug-likeness (QED) is 0.362. The summed E-state index contributed by atoms with van der Waals surface area (Å²) in [5, 5.41) is 9.90. The zero-order valence-electron chi connectivity index (χ0n) is 24.1. The molecular formula is C31H36Cl2FN5O4. The lowest BCUT2D eigenvalue weighted by Gasteiger charge is -2.50. The number of primary amides is 1. The van der Waals surface area contributed by atoms with E-state index in [1.165, 1.54) is 12.3 Å². The number of carbonyl (C=O) groups is 3. The van der Waals surface area contributed by atoms with Crippen LogP contribution < -0.4 is 21.7 Å². The zero-order chi connectivity index (χ0) is 30.7. The van der Waals surface area contributed by atoms with E-state index in [1.54, 1.807) is 12.1 Å². The van der Waals surface area contributed by atoms with Crippen molar-refractivity contribution in [1.82, 2.24) is 15.6 Å². The molecule has 4 aliphatic rings. The third-order valence-corrected chi connectivity index (χ3v) is 10.6. The van der Waals surface area contributed by atoms with E-state index < -0.39 is 34.6 Å². The van der Waals surface area contributed by atoms with Gasteiger partial charge in [-0.05, 0) is 73.3 Å². The predicted octanol–water partition coefficient (Wildman–Crippen LogP) is 4.35. The number of nitrogens with two attached hydrogens (primary N) is 1. The third-order valence-electron chi connectivity index (χ3n) is 10.1. The molecule has 2 saturated heterocycles. The Hall–Kier alpha value is -2.79. The SMILES string of the molecule is CC1(C)CCC2(CC1)N[C@@H](C(=O)N[C@@H]1CC[C@@H](CC(N)=O)OC1)[C@H](c1ccnc(Cl)c1F)[C@]21C(=O)Nc2cc(Cl)ccc21. The first-order valence-corrected chi connectivity index (χ1v) is 15.5. The number of amides is 3. The molecule has 3 fully saturated rings. The highest BCUT2D eigenvalue weighted by molar-refractivity contribution is 6.31. The van der Waals surface area contributed by atoms with Crippen LogP contribution in [0.1, 0.15) is 75.8 Å². The molecule has 230 valence electrons. The van der Waals surface area contributed by atoms with Crippen LogP contribution in [-0.2, 0) is 24.5 Å². The summed E-state index contributed by atoms with van der Waals surface area (Å²) in [6.45, 7) is 4.60. The minimum absolute atomic E-state index is 0.0357. The summed E-state index contributed by atoms with van der Waals surface area (Å²) in [4.78, 5) is 44.1. The lowest BCUT2D eigenvalue weighted by Crippen LogP contribution is -2.61. The maximum Gasteiger partial charge on any atom is 0.238 e. The number of anilines is 1. The second-order valence-corrected chi connectivity index (χ2v) is 14.0. The van der Waals surface area contributed by atoms with Crippen molar-refractivity contribution in [3.05, 3.63) is 57.6 Å². The zero-order valence-corrected chi connectivity index (χ0v) is 25.7. The molecule has 2 aromatic rings. The Bertz CT molecular complexity index is 1470. The Labute approximate surface area is 259 Å². The van der Waals surface area contributed by atoms with E-state index in [0.717, 1.165) is 12.8 Å². The fourth-order valence-electron chi connectivity index (χ4n) is 7.92. The smallest absolute Gasteiger partial charge is 0.238 e. The van der Waals surface area contributed by atoms with Gasteiger partial charge in [0.05, 0.1) is 31.2 Å². The molecule has 12 heteroatoms. The molecule has 3 amide bonds. The Kier molecular flexibility index (Phi) is 7.72. The van der Waals surface area contributed by atoms with E-state index in [-0.39, 0.29) is 53.1 Å². The number of hydrogen-bond acceptors (Lipinski definition) is 6. The molecule has 0 unspecified atom stereocenters. The number of rotatable bonds is 5. The molecule has 43 heavy (non-hydrogen) atoms. The van der Waals surface area contributed by atoms with Gasteiger partial charge in [-0.3, -0.25) is 19.7 Å². The van der Waals surface area contributed by atoms with Crippen LogP contribution in [0.15, 0.2) is 30.5 Å². The van der Waals surface area contributed by atoms with Gasteiger partial charge in [-0.2, -0.15) is 0 Å². The van der Waals surface area contributed by atoms with Crippen molar-refractivity contribution in [2.45, 2.75) is 93.9 Å². The molecule has 1 saturated carbocycles. The first kappa shape index (κ1) is 30.2. The van der Waals surface area contributed by atoms with Crippen LogP contribution in [0.5, 0.6) is 0 Å². The number of halogens is 3. The van der Waals surface area contributed by atoms with Crippen molar-refractivity contribution in [3.8, 4) is 0 Å². The molecule has 1 aliphatic carbocycles. The van der Waals surface area contributed by atoms with Crippen LogP contribution in [0, 0.1) is 11.2 Å². The first-order valence-electron chi connectivity index (χ1n) is 14.8. The van der Waals surface area contributed by atoms with Gasteiger partial charge in [0.15, 0.2) is 11.0 Å². The second kappa shape index (κ2) is 11.0. The van der Waals surface area contributed by atoms with Gasteiger partial charge >= 0.3 is 0 Å². The average Bonchev–Trinajstić information content (AvgIpc) is 3.40. The molecule has 6 rings (SSSR count). The van der Waals surface area contributed by atoms with E-state index >= 15 is 4.39 Å². The van der Waals surface area contributed by atoms with Crippen molar-refractivity contribution >= 4 is 46.6 Å². The molecule has 9 nitrogen and oxygen atoms in total. The normalized spacial score (nSPS) is 30.7. The number of hydrogen-bond donors (Lipinski definition) is 4. The number of benzene rings is 1. The van der Waals surface area contributed by atoms with Gasteiger partial charge in [0.25, 0.3) is 0 Å². The predicted molar refractivity (Wildman–Crippen MR) is 160 cm³/mol. The van der Waals surface area contributed by atoms with E-state index in [1.807, 2.05) is 6.07 Å². The summed E-state index contributed by atoms with van der Waals surface area (Å²) in [5.41, 5.74) is 4.54. The Morgan fingerprint density at radius 3 is 2.58 bits per heavy atom. The van der Waals surface area contributed by atoms with Gasteiger partial charge in [0, 0.05) is 28.4 Å². The van der Waals surface area contributed by atoms with E-state index in [2.05, 4.69) is 34.8 Å². The summed E-state index contributed by atoms with van der Waals surface area (Å²) < 4.78 is 21.8. The maximum atomic E-state index is 16.0. The third kappa shape index (κ3) is 5.00. The van der Waals surface area contributed by atoms with Crippen molar-refractivity contribution in [2.24, 2.45) is 11.1 Å². The van der Waals surface area contributed by atoms with Crippen molar-refractivity contribution in [1.29, 1.82) is 0 Å². The number of fused-ring (bicyclic) bond motifs is 3. The fraction of sp³-hybridized carbons (Fsp3) is 0.548. The summed E-state index contributed by atoms with van der Waals surface area (Å²) in [6.07, 6.45) is 5.17. The van der Waals surface area contributed by atoms with Gasteiger partial charge in [-0.25, -0.2) is 9.37 Å². The monoisotopic (exact) mass is 631 g/mol. The molecular weight excluding hydrogens is 596 g/mol. The molecule has 5 atom stereocenters. The Morgan fingerprint density at radius 1 is 1.16 bits per heavy atom. The Morgan fingerprint density at radius 2 is 1.91 bits per heavy atom. The fourth-order valence-corrected chi connectivity index (χ4v) is 8.26. The topological polar surface area (TPSA) is 135 Å². The molecule has 0 bridgehead atoms. The van der Waals surface area contributed by atoms with Crippen molar-refractivity contribution in [2.75, 3.05) is 11.9 Å². The number of ether oxygens (including phenoxy) is 1. The van der Waals surface area contributed by atoms with Crippen LogP contribution in [0.4, 0.5) is 10.1 Å². The molecule has 1 aromatic heterocycles. The van der Waals surface area contributed by atoms with E-state index in [0.29, 0.717) is 42.0 Å². The molecule has 2 spiro atoms. The average molecular weight is 633 g/mol. The number of aromatic nitrogens is 1. The summed E-state index contributed by atoms with van der Waals surface area (Å²) in [7, 11) is 0. The Balaban J connectivity index is 1.46. The number of nitrogens with zero attached hydrogens (tertiary/aromatic N) is 1. The lowest BCUT2D eigenvalue weighted by atomic mass is 9.53. The molecule has 5 N–H and O–H groups in total. The highest BCUT2D eigenvalue weighted by Crippen LogP contribution is 2.64. The highest BCUT2D eigenvalue weighted by atomic mass is 35.5. The lowest BCUT2D eigenvalue weighted by molar-refractivity contribution is -0.128. The second-order valence-electron chi connectivity index (χ2n) is 13.2. The summed E-state index contributed by atoms with van der Waals surface area (Å²) >= 11 is 12.6. The molecule has 4 heterocycles. The number of nitrogens with one attached hydrogen (secondary N) is 3. The first-order chi connectivity index (χ1) is 20.4. The highest BCUT2D eigenvalue weighted by Gasteiger charge is 2.73. The van der Waals surface area contributed by atoms with Crippen LogP contribution in [0.2, 0.25) is 10.2 Å². The largest absolute Gasteiger partial charge is 0.376 e. The van der Waals surface area contributed by atoms with Gasteiger partial charge in [-0.1, -0.05) is 43.1 Å². The van der Waals surface area contributed by atoms with Crippen LogP contribution >= 0.6 is 23.2 Å². The molecule has 3 aliphatic heterocycles. The van der Waals surface area contributed by atoms with Gasteiger partial charge in [0.1, 0.15) is 5.41 Å². The van der Waals surface area contributed by atoms with Gasteiger partial charge in [-0.15, -0.1) is 0 Å². The van der Waals surface area contributed by atoms with Gasteiger partial charge in [0.2, 0.25) is 17.7 Å². The van der Waals surface area contributed by atoms with Crippen molar-refractivity contribution < 1.29 is 23.5 Å². The molecule has 0 radical (unpaired) electrons. The summed E-state index contributed by atoms with van der Waals surface area (Å²) in [5.74, 6) is -2.82. The minimum Gasteiger partial charge on any atom is -0.376 e. The maximum absolute atomic E-state index is 16.0. The van der Waals surface area contributed by atoms with Crippen LogP contribution in [-0.4, -0.2) is 53.0 Å². The number of pyridine rings is 1. The standard InChI is InChI=1S/C31H36Cl2FN5O4/c1-29(2)8-10-30(11-9-29)31(20-6-3-16(32)13-21(20)38-28(31)42)23(19-7-12-36-26(33)24(19)34)25(39-30)27(41)37-17-4-5-18(43-15-17)14-22(35)40/h3,6-7,12-13,17-18,23,25,39H,4-5,8-11,14-15H2,1-2H3,(H2,35,40)(H,37,41)(H,38,42)/t17-,18+,23+,25-,31-/m1/s1. The minimum atomic E-state index is -1.34.